The van der Waals surface area contributed by atoms with Crippen LogP contribution in [0.5, 0.6) is 0 Å². The van der Waals surface area contributed by atoms with Crippen LogP contribution in [0.25, 0.3) is 0 Å². The average Bonchev–Trinajstić information content (AvgIpc) is 2.87. The number of Topliss-reactive ketones (excluding diaryl/α,β-unsaturated/α-hetero) is 1. The highest BCUT2D eigenvalue weighted by Gasteiger charge is 2.83. The summed E-state index contributed by atoms with van der Waals surface area (Å²) in [5.74, 6) is -3.33. The first-order chi connectivity index (χ1) is 13.5. The van der Waals surface area contributed by atoms with Gasteiger partial charge in [0.1, 0.15) is 6.10 Å². The number of aliphatic hydroxyl groups is 3. The van der Waals surface area contributed by atoms with Crippen LogP contribution in [0.15, 0.2) is 12.2 Å². The van der Waals surface area contributed by atoms with E-state index in [0.717, 1.165) is 12.8 Å². The lowest BCUT2D eigenvalue weighted by atomic mass is 9.36. The molecule has 29 heavy (non-hydrogen) atoms. The predicted octanol–water partition coefficient (Wildman–Crippen LogP) is 0.948. The smallest absolute Gasteiger partial charge is 0.302 e. The van der Waals surface area contributed by atoms with E-state index in [-0.39, 0.29) is 30.8 Å². The fourth-order valence-corrected chi connectivity index (χ4v) is 8.08. The van der Waals surface area contributed by atoms with Crippen LogP contribution < -0.4 is 0 Å². The number of carbonyl (C=O) groups excluding carboxylic acids is 2. The predicted molar refractivity (Wildman–Crippen MR) is 100 cm³/mol. The van der Waals surface area contributed by atoms with Gasteiger partial charge >= 0.3 is 5.97 Å². The Morgan fingerprint density at radius 3 is 2.72 bits per heavy atom. The number of rotatable bonds is 2. The quantitative estimate of drug-likeness (QED) is 0.462. The number of ether oxygens (including phenoxy) is 2. The van der Waals surface area contributed by atoms with Crippen molar-refractivity contribution < 1.29 is 34.4 Å². The van der Waals surface area contributed by atoms with E-state index in [4.69, 9.17) is 9.47 Å². The Hall–Kier alpha value is -1.28. The summed E-state index contributed by atoms with van der Waals surface area (Å²) in [5, 5.41) is 34.2. The molecule has 0 amide bonds. The van der Waals surface area contributed by atoms with E-state index in [1.165, 1.54) is 6.92 Å². The largest absolute Gasteiger partial charge is 0.465 e. The van der Waals surface area contributed by atoms with Crippen molar-refractivity contribution in [1.29, 1.82) is 0 Å². The molecule has 160 valence electrons. The van der Waals surface area contributed by atoms with Crippen LogP contribution in [-0.4, -0.2) is 58.3 Å². The van der Waals surface area contributed by atoms with Gasteiger partial charge in [-0.15, -0.1) is 0 Å². The van der Waals surface area contributed by atoms with Crippen molar-refractivity contribution in [3.05, 3.63) is 12.2 Å². The van der Waals surface area contributed by atoms with Crippen LogP contribution in [0.4, 0.5) is 0 Å². The molecule has 0 unspecified atom stereocenters. The molecular formula is C22H30O7. The Labute approximate surface area is 170 Å². The van der Waals surface area contributed by atoms with E-state index in [1.54, 1.807) is 0 Å². The van der Waals surface area contributed by atoms with Gasteiger partial charge in [0.2, 0.25) is 5.79 Å². The van der Waals surface area contributed by atoms with Gasteiger partial charge in [-0.05, 0) is 49.5 Å². The molecular weight excluding hydrogens is 376 g/mol. The summed E-state index contributed by atoms with van der Waals surface area (Å²) < 4.78 is 11.3. The van der Waals surface area contributed by atoms with Crippen LogP contribution in [0.2, 0.25) is 0 Å². The molecule has 0 aromatic carbocycles. The first-order valence-corrected chi connectivity index (χ1v) is 10.6. The van der Waals surface area contributed by atoms with Gasteiger partial charge in [-0.1, -0.05) is 13.5 Å². The zero-order valence-electron chi connectivity index (χ0n) is 17.0. The van der Waals surface area contributed by atoms with Gasteiger partial charge < -0.3 is 24.8 Å². The fraction of sp³-hybridized carbons (Fsp3) is 0.818. The Kier molecular flexibility index (Phi) is 3.86. The van der Waals surface area contributed by atoms with Crippen LogP contribution in [-0.2, 0) is 19.1 Å². The van der Waals surface area contributed by atoms with Gasteiger partial charge in [-0.3, -0.25) is 9.59 Å². The van der Waals surface area contributed by atoms with Crippen molar-refractivity contribution in [2.75, 3.05) is 13.2 Å². The lowest BCUT2D eigenvalue weighted by Gasteiger charge is -2.73. The van der Waals surface area contributed by atoms with Gasteiger partial charge in [0, 0.05) is 23.7 Å². The summed E-state index contributed by atoms with van der Waals surface area (Å²) in [5.41, 5.74) is -2.15. The molecule has 0 radical (unpaired) electrons. The van der Waals surface area contributed by atoms with Crippen molar-refractivity contribution in [3.8, 4) is 0 Å². The standard InChI is InChI=1S/C22H30O7/c1-11-13-4-5-14-20-7-6-15(24)19(3,9-28-12(2)23)16(20)18(26)22(27,29-10-20)21(14,8-13)17(11)25/h13-16,18,24,26-27H,1,4-10H2,2-3H3/t13-,14+,15+,16-,18+,19-,20-,21-,22-/m1/s1. The van der Waals surface area contributed by atoms with Gasteiger partial charge in [-0.25, -0.2) is 0 Å². The molecule has 7 nitrogen and oxygen atoms in total. The molecule has 4 bridgehead atoms. The molecule has 9 atom stereocenters. The molecule has 2 spiro atoms. The van der Waals surface area contributed by atoms with E-state index in [9.17, 15) is 24.9 Å². The summed E-state index contributed by atoms with van der Waals surface area (Å²) in [6.07, 6.45) is 0.950. The Bertz CT molecular complexity index is 805. The van der Waals surface area contributed by atoms with E-state index >= 15 is 0 Å². The van der Waals surface area contributed by atoms with Crippen LogP contribution in [0.1, 0.15) is 46.0 Å². The number of allylic oxidation sites excluding steroid dienone is 1. The molecule has 2 heterocycles. The minimum absolute atomic E-state index is 0.0226. The van der Waals surface area contributed by atoms with E-state index in [2.05, 4.69) is 6.58 Å². The summed E-state index contributed by atoms with van der Waals surface area (Å²) in [6, 6.07) is 0. The van der Waals surface area contributed by atoms with Crippen molar-refractivity contribution in [2.24, 2.45) is 34.0 Å². The molecule has 6 fully saturated rings. The molecule has 3 N–H and O–H groups in total. The number of hydrogen-bond acceptors (Lipinski definition) is 7. The van der Waals surface area contributed by atoms with Crippen LogP contribution in [0.3, 0.4) is 0 Å². The number of carbonyl (C=O) groups is 2. The second-order valence-electron chi connectivity index (χ2n) is 10.3. The number of hydrogen-bond donors (Lipinski definition) is 3. The zero-order chi connectivity index (χ0) is 21.0. The topological polar surface area (TPSA) is 113 Å². The molecule has 0 aromatic rings. The lowest BCUT2D eigenvalue weighted by molar-refractivity contribution is -0.444. The maximum atomic E-state index is 13.4. The number of aliphatic hydroxyl groups excluding tert-OH is 2. The summed E-state index contributed by atoms with van der Waals surface area (Å²) in [6.45, 7) is 7.30. The van der Waals surface area contributed by atoms with Gasteiger partial charge in [-0.2, -0.15) is 0 Å². The van der Waals surface area contributed by atoms with E-state index in [1.807, 2.05) is 6.92 Å². The van der Waals surface area contributed by atoms with Gasteiger partial charge in [0.05, 0.1) is 24.7 Å². The Morgan fingerprint density at radius 1 is 1.31 bits per heavy atom. The van der Waals surface area contributed by atoms with Crippen LogP contribution in [0, 0.1) is 34.0 Å². The molecule has 0 aromatic heterocycles. The molecule has 4 saturated carbocycles. The van der Waals surface area contributed by atoms with Crippen molar-refractivity contribution >= 4 is 11.8 Å². The third-order valence-electron chi connectivity index (χ3n) is 9.33. The third kappa shape index (κ3) is 1.98. The monoisotopic (exact) mass is 406 g/mol. The minimum Gasteiger partial charge on any atom is -0.465 e. The molecule has 7 heteroatoms. The number of ketones is 1. The average molecular weight is 406 g/mol. The normalized spacial score (nSPS) is 55.4. The minimum atomic E-state index is -2.02. The summed E-state index contributed by atoms with van der Waals surface area (Å²) >= 11 is 0. The second-order valence-corrected chi connectivity index (χ2v) is 10.3. The van der Waals surface area contributed by atoms with E-state index < -0.39 is 46.1 Å². The zero-order valence-corrected chi connectivity index (χ0v) is 17.0. The Balaban J connectivity index is 1.67. The molecule has 4 aliphatic carbocycles. The highest BCUT2D eigenvalue weighted by Crippen LogP contribution is 2.76. The molecule has 2 aliphatic heterocycles. The van der Waals surface area contributed by atoms with Crippen molar-refractivity contribution in [1.82, 2.24) is 0 Å². The fourth-order valence-electron chi connectivity index (χ4n) is 8.08. The highest BCUT2D eigenvalue weighted by molar-refractivity contribution is 6.04. The highest BCUT2D eigenvalue weighted by atomic mass is 16.6. The number of esters is 1. The van der Waals surface area contributed by atoms with Crippen molar-refractivity contribution in [3.63, 3.8) is 0 Å². The summed E-state index contributed by atoms with van der Waals surface area (Å²) in [4.78, 5) is 24.9. The van der Waals surface area contributed by atoms with Crippen LogP contribution >= 0.6 is 0 Å². The lowest BCUT2D eigenvalue weighted by Crippen LogP contribution is -2.82. The maximum absolute atomic E-state index is 13.4. The van der Waals surface area contributed by atoms with Gasteiger partial charge in [0.15, 0.2) is 5.78 Å². The maximum Gasteiger partial charge on any atom is 0.302 e. The molecule has 6 aliphatic rings. The number of fused-ring (bicyclic) bond motifs is 2. The first kappa shape index (κ1) is 19.7. The first-order valence-electron chi connectivity index (χ1n) is 10.6. The van der Waals surface area contributed by atoms with E-state index in [0.29, 0.717) is 24.8 Å². The second kappa shape index (κ2) is 5.69. The molecule has 2 saturated heterocycles. The molecule has 6 rings (SSSR count). The SMILES string of the molecule is C=C1C(=O)[C@@]23C[C@H]1CC[C@H]2[C@]12CC[C@H](O)[C@@](C)(COC(C)=O)[C@H]1[C@H](O)[C@@]3(O)OC2. The third-order valence-corrected chi connectivity index (χ3v) is 9.33. The summed E-state index contributed by atoms with van der Waals surface area (Å²) in [7, 11) is 0. The van der Waals surface area contributed by atoms with Gasteiger partial charge in [0.25, 0.3) is 0 Å². The van der Waals surface area contributed by atoms with Crippen molar-refractivity contribution in [2.45, 2.75) is 63.9 Å². The Morgan fingerprint density at radius 2 is 2.03 bits per heavy atom.